The zero-order valence-electron chi connectivity index (χ0n) is 10.5. The summed E-state index contributed by atoms with van der Waals surface area (Å²) in [6.07, 6.45) is -1.46. The Morgan fingerprint density at radius 3 is 1.84 bits per heavy atom. The van der Waals surface area contributed by atoms with E-state index in [2.05, 4.69) is 0 Å². The number of aryl methyl sites for hydroxylation is 2. The number of aliphatic hydroxyl groups excluding tert-OH is 1. The van der Waals surface area contributed by atoms with Crippen molar-refractivity contribution in [3.8, 4) is 0 Å². The molecule has 0 aliphatic heterocycles. The molecule has 0 radical (unpaired) electrons. The van der Waals surface area contributed by atoms with Crippen LogP contribution in [0.1, 0.15) is 28.4 Å². The standard InChI is InChI=1S/C15H13F3O/c1-8-4-3-5-9(2)13(8)15(19)14-11(17)6-10(16)7-12(14)18/h3-7,15,19H,1-2H3. The second kappa shape index (κ2) is 5.05. The fourth-order valence-corrected chi connectivity index (χ4v) is 2.22. The minimum Gasteiger partial charge on any atom is -0.383 e. The van der Waals surface area contributed by atoms with Gasteiger partial charge in [0, 0.05) is 12.1 Å². The number of benzene rings is 2. The van der Waals surface area contributed by atoms with Gasteiger partial charge in [-0.15, -0.1) is 0 Å². The number of hydrogen-bond donors (Lipinski definition) is 1. The Kier molecular flexibility index (Phi) is 3.62. The van der Waals surface area contributed by atoms with Crippen LogP contribution in [0.15, 0.2) is 30.3 Å². The van der Waals surface area contributed by atoms with Crippen LogP contribution in [0.25, 0.3) is 0 Å². The molecule has 0 saturated carbocycles. The maximum Gasteiger partial charge on any atom is 0.135 e. The van der Waals surface area contributed by atoms with Crippen LogP contribution in [-0.2, 0) is 0 Å². The Labute approximate surface area is 109 Å². The average molecular weight is 266 g/mol. The highest BCUT2D eigenvalue weighted by atomic mass is 19.1. The van der Waals surface area contributed by atoms with Crippen molar-refractivity contribution < 1.29 is 18.3 Å². The van der Waals surface area contributed by atoms with Gasteiger partial charge in [0.1, 0.15) is 23.6 Å². The molecule has 0 aliphatic carbocycles. The number of hydrogen-bond acceptors (Lipinski definition) is 1. The highest BCUT2D eigenvalue weighted by molar-refractivity contribution is 5.41. The number of halogens is 3. The van der Waals surface area contributed by atoms with Crippen LogP contribution in [0.3, 0.4) is 0 Å². The largest absolute Gasteiger partial charge is 0.383 e. The second-order valence-corrected chi connectivity index (χ2v) is 4.49. The summed E-state index contributed by atoms with van der Waals surface area (Å²) >= 11 is 0. The molecule has 1 N–H and O–H groups in total. The van der Waals surface area contributed by atoms with Crippen molar-refractivity contribution in [3.05, 3.63) is 70.0 Å². The van der Waals surface area contributed by atoms with Crippen LogP contribution in [0.5, 0.6) is 0 Å². The van der Waals surface area contributed by atoms with E-state index in [0.29, 0.717) is 17.7 Å². The van der Waals surface area contributed by atoms with Gasteiger partial charge in [0.05, 0.1) is 5.56 Å². The van der Waals surface area contributed by atoms with E-state index in [-0.39, 0.29) is 0 Å². The lowest BCUT2D eigenvalue weighted by atomic mass is 9.93. The third kappa shape index (κ3) is 2.49. The van der Waals surface area contributed by atoms with E-state index in [4.69, 9.17) is 0 Å². The maximum atomic E-state index is 13.7. The first-order valence-electron chi connectivity index (χ1n) is 5.80. The highest BCUT2D eigenvalue weighted by Gasteiger charge is 2.23. The van der Waals surface area contributed by atoms with Gasteiger partial charge >= 0.3 is 0 Å². The molecule has 0 aromatic heterocycles. The molecule has 100 valence electrons. The predicted molar refractivity (Wildman–Crippen MR) is 66.3 cm³/mol. The molecule has 0 amide bonds. The van der Waals surface area contributed by atoms with Crippen molar-refractivity contribution >= 4 is 0 Å². The quantitative estimate of drug-likeness (QED) is 0.876. The Balaban J connectivity index is 2.60. The monoisotopic (exact) mass is 266 g/mol. The molecule has 0 fully saturated rings. The summed E-state index contributed by atoms with van der Waals surface area (Å²) in [5.41, 5.74) is 1.34. The molecule has 0 aliphatic rings. The topological polar surface area (TPSA) is 20.2 Å². The van der Waals surface area contributed by atoms with Gasteiger partial charge < -0.3 is 5.11 Å². The summed E-state index contributed by atoms with van der Waals surface area (Å²) in [5.74, 6) is -3.19. The molecule has 1 atom stereocenters. The predicted octanol–water partition coefficient (Wildman–Crippen LogP) is 3.80. The van der Waals surface area contributed by atoms with Gasteiger partial charge in [-0.1, -0.05) is 18.2 Å². The zero-order chi connectivity index (χ0) is 14.2. The summed E-state index contributed by atoms with van der Waals surface area (Å²) < 4.78 is 40.2. The van der Waals surface area contributed by atoms with Gasteiger partial charge in [-0.2, -0.15) is 0 Å². The third-order valence-corrected chi connectivity index (χ3v) is 3.13. The smallest absolute Gasteiger partial charge is 0.135 e. The Morgan fingerprint density at radius 1 is 0.895 bits per heavy atom. The van der Waals surface area contributed by atoms with Crippen LogP contribution in [0, 0.1) is 31.3 Å². The number of aliphatic hydroxyl groups is 1. The fraction of sp³-hybridized carbons (Fsp3) is 0.200. The molecule has 1 unspecified atom stereocenters. The molecule has 2 aromatic carbocycles. The first-order chi connectivity index (χ1) is 8.91. The van der Waals surface area contributed by atoms with Crippen LogP contribution >= 0.6 is 0 Å². The highest BCUT2D eigenvalue weighted by Crippen LogP contribution is 2.31. The SMILES string of the molecule is Cc1cccc(C)c1C(O)c1c(F)cc(F)cc1F. The molecule has 19 heavy (non-hydrogen) atoms. The molecule has 0 spiro atoms. The van der Waals surface area contributed by atoms with E-state index in [1.54, 1.807) is 32.0 Å². The summed E-state index contributed by atoms with van der Waals surface area (Å²) in [6, 6.07) is 6.40. The molecule has 1 nitrogen and oxygen atoms in total. The molecule has 0 saturated heterocycles. The van der Waals surface area contributed by atoms with Crippen molar-refractivity contribution in [3.63, 3.8) is 0 Å². The Bertz CT molecular complexity index is 580. The maximum absolute atomic E-state index is 13.7. The second-order valence-electron chi connectivity index (χ2n) is 4.49. The van der Waals surface area contributed by atoms with Gasteiger partial charge in [-0.05, 0) is 30.5 Å². The van der Waals surface area contributed by atoms with Crippen molar-refractivity contribution in [2.45, 2.75) is 20.0 Å². The Morgan fingerprint density at radius 2 is 1.37 bits per heavy atom. The lowest BCUT2D eigenvalue weighted by Crippen LogP contribution is -2.09. The molecule has 0 bridgehead atoms. The Hall–Kier alpha value is -1.81. The van der Waals surface area contributed by atoms with Crippen LogP contribution < -0.4 is 0 Å². The van der Waals surface area contributed by atoms with Crippen molar-refractivity contribution in [2.75, 3.05) is 0 Å². The van der Waals surface area contributed by atoms with E-state index in [1.807, 2.05) is 0 Å². The van der Waals surface area contributed by atoms with Gasteiger partial charge in [0.15, 0.2) is 0 Å². The van der Waals surface area contributed by atoms with Crippen LogP contribution in [0.2, 0.25) is 0 Å². The normalized spacial score (nSPS) is 12.5. The summed E-state index contributed by atoms with van der Waals surface area (Å²) in [7, 11) is 0. The van der Waals surface area contributed by atoms with E-state index in [9.17, 15) is 18.3 Å². The lowest BCUT2D eigenvalue weighted by molar-refractivity contribution is 0.207. The summed E-state index contributed by atoms with van der Waals surface area (Å²) in [6.45, 7) is 3.48. The van der Waals surface area contributed by atoms with Gasteiger partial charge in [0.25, 0.3) is 0 Å². The molecule has 4 heteroatoms. The van der Waals surface area contributed by atoms with Crippen molar-refractivity contribution in [1.82, 2.24) is 0 Å². The third-order valence-electron chi connectivity index (χ3n) is 3.13. The van der Waals surface area contributed by atoms with E-state index in [0.717, 1.165) is 11.1 Å². The van der Waals surface area contributed by atoms with E-state index >= 15 is 0 Å². The molecule has 0 heterocycles. The van der Waals surface area contributed by atoms with Gasteiger partial charge in [-0.3, -0.25) is 0 Å². The average Bonchev–Trinajstić information content (AvgIpc) is 2.26. The molecular weight excluding hydrogens is 253 g/mol. The first-order valence-corrected chi connectivity index (χ1v) is 5.80. The van der Waals surface area contributed by atoms with Crippen LogP contribution in [-0.4, -0.2) is 5.11 Å². The summed E-state index contributed by atoms with van der Waals surface area (Å²) in [4.78, 5) is 0. The minimum absolute atomic E-state index is 0.437. The molecular formula is C15H13F3O. The molecule has 2 aromatic rings. The zero-order valence-corrected chi connectivity index (χ0v) is 10.5. The van der Waals surface area contributed by atoms with Crippen molar-refractivity contribution in [2.24, 2.45) is 0 Å². The minimum atomic E-state index is -1.46. The van der Waals surface area contributed by atoms with E-state index < -0.39 is 29.1 Å². The van der Waals surface area contributed by atoms with Gasteiger partial charge in [-0.25, -0.2) is 13.2 Å². The molecule has 2 rings (SSSR count). The van der Waals surface area contributed by atoms with Gasteiger partial charge in [0.2, 0.25) is 0 Å². The fourth-order valence-electron chi connectivity index (χ4n) is 2.22. The summed E-state index contributed by atoms with van der Waals surface area (Å²) in [5, 5.41) is 10.2. The van der Waals surface area contributed by atoms with E-state index in [1.165, 1.54) is 0 Å². The number of rotatable bonds is 2. The van der Waals surface area contributed by atoms with Crippen molar-refractivity contribution in [1.29, 1.82) is 0 Å². The first kappa shape index (κ1) is 13.6. The van der Waals surface area contributed by atoms with Crippen LogP contribution in [0.4, 0.5) is 13.2 Å². The lowest BCUT2D eigenvalue weighted by Gasteiger charge is -2.18.